The van der Waals surface area contributed by atoms with Crippen LogP contribution < -0.4 is 0 Å². The monoisotopic (exact) mass is 237 g/mol. The number of nitrogens with zero attached hydrogens (tertiary/aromatic N) is 1. The molecular formula is C13H16ClNO. The SMILES string of the molecule is CN(C)C(CCCl)c1coc2ccccc12. The summed E-state index contributed by atoms with van der Waals surface area (Å²) < 4.78 is 5.56. The van der Waals surface area contributed by atoms with E-state index in [0.717, 1.165) is 12.0 Å². The van der Waals surface area contributed by atoms with Gasteiger partial charge in [-0.3, -0.25) is 0 Å². The fourth-order valence-electron chi connectivity index (χ4n) is 2.05. The fourth-order valence-corrected chi connectivity index (χ4v) is 2.26. The second kappa shape index (κ2) is 4.89. The molecule has 3 heteroatoms. The van der Waals surface area contributed by atoms with Crippen molar-refractivity contribution in [2.45, 2.75) is 12.5 Å². The lowest BCUT2D eigenvalue weighted by Gasteiger charge is -2.22. The molecule has 0 spiro atoms. The summed E-state index contributed by atoms with van der Waals surface area (Å²) >= 11 is 5.85. The summed E-state index contributed by atoms with van der Waals surface area (Å²) in [6, 6.07) is 8.43. The first kappa shape index (κ1) is 11.5. The molecule has 2 nitrogen and oxygen atoms in total. The Kier molecular flexibility index (Phi) is 3.52. The molecule has 0 saturated carbocycles. The van der Waals surface area contributed by atoms with Crippen LogP contribution in [0.3, 0.4) is 0 Å². The van der Waals surface area contributed by atoms with Gasteiger partial charge in [0.05, 0.1) is 6.26 Å². The first-order valence-electron chi connectivity index (χ1n) is 5.42. The van der Waals surface area contributed by atoms with Gasteiger partial charge in [-0.15, -0.1) is 11.6 Å². The van der Waals surface area contributed by atoms with Gasteiger partial charge in [0.1, 0.15) is 5.58 Å². The standard InChI is InChI=1S/C13H16ClNO/c1-15(2)12(7-8-14)11-9-16-13-6-4-3-5-10(11)13/h3-6,9,12H,7-8H2,1-2H3. The zero-order valence-corrected chi connectivity index (χ0v) is 10.4. The molecule has 0 aliphatic heterocycles. The molecule has 0 aliphatic rings. The van der Waals surface area contributed by atoms with Crippen molar-refractivity contribution in [2.24, 2.45) is 0 Å². The molecular weight excluding hydrogens is 222 g/mol. The van der Waals surface area contributed by atoms with Crippen molar-refractivity contribution < 1.29 is 4.42 Å². The number of para-hydroxylation sites is 1. The van der Waals surface area contributed by atoms with Gasteiger partial charge in [0, 0.05) is 22.9 Å². The van der Waals surface area contributed by atoms with E-state index < -0.39 is 0 Å². The summed E-state index contributed by atoms with van der Waals surface area (Å²) in [7, 11) is 4.14. The second-order valence-electron chi connectivity index (χ2n) is 4.14. The summed E-state index contributed by atoms with van der Waals surface area (Å²) in [6.07, 6.45) is 2.78. The van der Waals surface area contributed by atoms with Gasteiger partial charge in [-0.1, -0.05) is 18.2 Å². The number of hydrogen-bond acceptors (Lipinski definition) is 2. The van der Waals surface area contributed by atoms with Gasteiger partial charge in [-0.05, 0) is 26.6 Å². The number of alkyl halides is 1. The molecule has 0 radical (unpaired) electrons. The van der Waals surface area contributed by atoms with Crippen LogP contribution in [0.4, 0.5) is 0 Å². The molecule has 1 aromatic heterocycles. The predicted octanol–water partition coefficient (Wildman–Crippen LogP) is 3.66. The molecule has 16 heavy (non-hydrogen) atoms. The molecule has 0 bridgehead atoms. The van der Waals surface area contributed by atoms with Crippen LogP contribution in [0.5, 0.6) is 0 Å². The van der Waals surface area contributed by atoms with E-state index in [0.29, 0.717) is 11.9 Å². The van der Waals surface area contributed by atoms with Crippen LogP contribution in [0.15, 0.2) is 34.9 Å². The highest BCUT2D eigenvalue weighted by molar-refractivity contribution is 6.17. The van der Waals surface area contributed by atoms with Gasteiger partial charge in [0.25, 0.3) is 0 Å². The highest BCUT2D eigenvalue weighted by Gasteiger charge is 2.18. The molecule has 1 aromatic carbocycles. The largest absolute Gasteiger partial charge is 0.464 e. The molecule has 0 aliphatic carbocycles. The van der Waals surface area contributed by atoms with E-state index in [1.807, 2.05) is 24.5 Å². The summed E-state index contributed by atoms with van der Waals surface area (Å²) in [6.45, 7) is 0. The Balaban J connectivity index is 2.44. The third kappa shape index (κ3) is 2.08. The minimum Gasteiger partial charge on any atom is -0.464 e. The van der Waals surface area contributed by atoms with Crippen LogP contribution in [0.2, 0.25) is 0 Å². The summed E-state index contributed by atoms with van der Waals surface area (Å²) in [5.74, 6) is 0.655. The average molecular weight is 238 g/mol. The van der Waals surface area contributed by atoms with Crippen molar-refractivity contribution in [3.63, 3.8) is 0 Å². The minimum atomic E-state index is 0.321. The van der Waals surface area contributed by atoms with Gasteiger partial charge in [-0.25, -0.2) is 0 Å². The minimum absolute atomic E-state index is 0.321. The fraction of sp³-hybridized carbons (Fsp3) is 0.385. The van der Waals surface area contributed by atoms with Crippen LogP contribution >= 0.6 is 11.6 Å². The number of hydrogen-bond donors (Lipinski definition) is 0. The maximum Gasteiger partial charge on any atom is 0.134 e. The Bertz CT molecular complexity index is 464. The Morgan fingerprint density at radius 3 is 2.75 bits per heavy atom. The normalized spacial score (nSPS) is 13.5. The Morgan fingerprint density at radius 2 is 2.06 bits per heavy atom. The number of halogens is 1. The van der Waals surface area contributed by atoms with Crippen LogP contribution in [0.1, 0.15) is 18.0 Å². The number of fused-ring (bicyclic) bond motifs is 1. The average Bonchev–Trinajstić information content (AvgIpc) is 2.69. The molecule has 1 heterocycles. The van der Waals surface area contributed by atoms with Gasteiger partial charge in [0.15, 0.2) is 0 Å². The lowest BCUT2D eigenvalue weighted by atomic mass is 10.0. The van der Waals surface area contributed by atoms with Crippen molar-refractivity contribution >= 4 is 22.6 Å². The van der Waals surface area contributed by atoms with Crippen LogP contribution in [0.25, 0.3) is 11.0 Å². The molecule has 86 valence electrons. The number of furan rings is 1. The zero-order valence-electron chi connectivity index (χ0n) is 9.61. The van der Waals surface area contributed by atoms with Crippen LogP contribution in [0, 0.1) is 0 Å². The van der Waals surface area contributed by atoms with Crippen molar-refractivity contribution in [2.75, 3.05) is 20.0 Å². The Labute approximate surface area is 101 Å². The number of benzene rings is 1. The Morgan fingerprint density at radius 1 is 1.31 bits per heavy atom. The summed E-state index contributed by atoms with van der Waals surface area (Å²) in [5.41, 5.74) is 2.17. The summed E-state index contributed by atoms with van der Waals surface area (Å²) in [4.78, 5) is 2.18. The van der Waals surface area contributed by atoms with Crippen molar-refractivity contribution in [3.05, 3.63) is 36.1 Å². The van der Waals surface area contributed by atoms with Crippen molar-refractivity contribution in [1.82, 2.24) is 4.90 Å². The molecule has 0 amide bonds. The molecule has 0 saturated heterocycles. The van der Waals surface area contributed by atoms with Crippen molar-refractivity contribution in [3.8, 4) is 0 Å². The third-order valence-electron chi connectivity index (χ3n) is 2.88. The molecule has 1 unspecified atom stereocenters. The van der Waals surface area contributed by atoms with Crippen LogP contribution in [-0.2, 0) is 0 Å². The van der Waals surface area contributed by atoms with Crippen molar-refractivity contribution in [1.29, 1.82) is 0 Å². The molecule has 2 aromatic rings. The maximum atomic E-state index is 5.85. The van der Waals surface area contributed by atoms with Gasteiger partial charge in [0.2, 0.25) is 0 Å². The molecule has 0 fully saturated rings. The van der Waals surface area contributed by atoms with Gasteiger partial charge >= 0.3 is 0 Å². The first-order valence-corrected chi connectivity index (χ1v) is 5.96. The lowest BCUT2D eigenvalue weighted by Crippen LogP contribution is -2.20. The van der Waals surface area contributed by atoms with E-state index in [1.165, 1.54) is 10.9 Å². The lowest BCUT2D eigenvalue weighted by molar-refractivity contribution is 0.293. The molecule has 0 N–H and O–H groups in total. The van der Waals surface area contributed by atoms with E-state index in [9.17, 15) is 0 Å². The third-order valence-corrected chi connectivity index (χ3v) is 3.09. The topological polar surface area (TPSA) is 16.4 Å². The quantitative estimate of drug-likeness (QED) is 0.755. The Hall–Kier alpha value is -0.990. The number of rotatable bonds is 4. The van der Waals surface area contributed by atoms with E-state index in [-0.39, 0.29) is 0 Å². The smallest absolute Gasteiger partial charge is 0.134 e. The predicted molar refractivity (Wildman–Crippen MR) is 68.0 cm³/mol. The van der Waals surface area contributed by atoms with E-state index >= 15 is 0 Å². The summed E-state index contributed by atoms with van der Waals surface area (Å²) in [5, 5.41) is 1.19. The van der Waals surface area contributed by atoms with E-state index in [4.69, 9.17) is 16.0 Å². The zero-order chi connectivity index (χ0) is 11.5. The van der Waals surface area contributed by atoms with Gasteiger partial charge in [-0.2, -0.15) is 0 Å². The maximum absolute atomic E-state index is 5.85. The van der Waals surface area contributed by atoms with Gasteiger partial charge < -0.3 is 9.32 Å². The van der Waals surface area contributed by atoms with E-state index in [2.05, 4.69) is 25.1 Å². The second-order valence-corrected chi connectivity index (χ2v) is 4.52. The van der Waals surface area contributed by atoms with E-state index in [1.54, 1.807) is 0 Å². The highest BCUT2D eigenvalue weighted by Crippen LogP contribution is 2.31. The molecule has 1 atom stereocenters. The van der Waals surface area contributed by atoms with Crippen LogP contribution in [-0.4, -0.2) is 24.9 Å². The molecule has 2 rings (SSSR count). The highest BCUT2D eigenvalue weighted by atomic mass is 35.5. The first-order chi connectivity index (χ1) is 7.74.